The van der Waals surface area contributed by atoms with Gasteiger partial charge in [-0.05, 0) is 54.7 Å². The maximum Gasteiger partial charge on any atom is 0.00955 e. The minimum absolute atomic E-state index is 0.925. The summed E-state index contributed by atoms with van der Waals surface area (Å²) in [5.74, 6) is 0. The summed E-state index contributed by atoms with van der Waals surface area (Å²) in [6.45, 7) is 2.57. The Hall–Kier alpha value is -0.340. The van der Waals surface area contributed by atoms with Crippen LogP contribution < -0.4 is 0 Å². The molecule has 0 radical (unpaired) electrons. The van der Waals surface area contributed by atoms with Crippen molar-refractivity contribution in [1.82, 2.24) is 4.90 Å². The normalized spacial score (nSPS) is 26.4. The lowest BCUT2D eigenvalue weighted by atomic mass is 9.89. The Morgan fingerprint density at radius 1 is 1.17 bits per heavy atom. The summed E-state index contributed by atoms with van der Waals surface area (Å²) in [7, 11) is 0. The fourth-order valence-corrected chi connectivity index (χ4v) is 3.59. The van der Waals surface area contributed by atoms with Crippen LogP contribution in [-0.4, -0.2) is 24.0 Å². The molecule has 0 spiro atoms. The van der Waals surface area contributed by atoms with Gasteiger partial charge in [0.25, 0.3) is 0 Å². The molecule has 1 nitrogen and oxygen atoms in total. The summed E-state index contributed by atoms with van der Waals surface area (Å²) in [5, 5.41) is 0. The highest BCUT2D eigenvalue weighted by Gasteiger charge is 2.26. The molecule has 3 rings (SSSR count). The van der Waals surface area contributed by atoms with E-state index in [-0.39, 0.29) is 0 Å². The van der Waals surface area contributed by atoms with Gasteiger partial charge in [-0.2, -0.15) is 0 Å². The Labute approximate surface area is 119 Å². The van der Waals surface area contributed by atoms with Crippen LogP contribution in [0.5, 0.6) is 0 Å². The number of nitrogens with zero attached hydrogens (tertiary/aromatic N) is 1. The van der Waals surface area contributed by atoms with Crippen LogP contribution in [0.4, 0.5) is 0 Å². The predicted octanol–water partition coefficient (Wildman–Crippen LogP) is 4.56. The van der Waals surface area contributed by atoms with Gasteiger partial charge in [0.15, 0.2) is 0 Å². The van der Waals surface area contributed by atoms with Crippen molar-refractivity contribution in [3.63, 3.8) is 0 Å². The maximum absolute atomic E-state index is 3.62. The third kappa shape index (κ3) is 2.97. The third-order valence-electron chi connectivity index (χ3n) is 4.49. The molecule has 0 amide bonds. The average molecular weight is 308 g/mol. The monoisotopic (exact) mass is 307 g/mol. The second kappa shape index (κ2) is 5.75. The summed E-state index contributed by atoms with van der Waals surface area (Å²) in [6.07, 6.45) is 16.3. The van der Waals surface area contributed by atoms with E-state index in [0.29, 0.717) is 0 Å². The Kier molecular flexibility index (Phi) is 4.05. The first kappa shape index (κ1) is 12.7. The molecule has 1 aliphatic heterocycles. The molecule has 2 heteroatoms. The van der Waals surface area contributed by atoms with Gasteiger partial charge in [0.05, 0.1) is 0 Å². The standard InChI is InChI=1S/C16H22BrN/c17-15-4-1-3-14(12-15)11-13-7-9-18(10-8-13)16-5-2-6-16/h3,11-12,16H,1-2,4-10H2. The van der Waals surface area contributed by atoms with Gasteiger partial charge in [0.1, 0.15) is 0 Å². The summed E-state index contributed by atoms with van der Waals surface area (Å²) < 4.78 is 1.35. The first-order valence-corrected chi connectivity index (χ1v) is 8.10. The van der Waals surface area contributed by atoms with Gasteiger partial charge in [-0.15, -0.1) is 0 Å². The lowest BCUT2D eigenvalue weighted by Crippen LogP contribution is -2.43. The average Bonchev–Trinajstić information content (AvgIpc) is 2.29. The Balaban J connectivity index is 1.57. The van der Waals surface area contributed by atoms with Crippen LogP contribution in [0.2, 0.25) is 0 Å². The highest BCUT2D eigenvalue weighted by Crippen LogP contribution is 2.30. The molecule has 2 fully saturated rings. The van der Waals surface area contributed by atoms with Crippen LogP contribution in [0, 0.1) is 0 Å². The Morgan fingerprint density at radius 3 is 2.56 bits per heavy atom. The summed E-state index contributed by atoms with van der Waals surface area (Å²) in [5.41, 5.74) is 3.07. The molecule has 1 saturated heterocycles. The second-order valence-electron chi connectivity index (χ2n) is 5.76. The molecule has 98 valence electrons. The van der Waals surface area contributed by atoms with Gasteiger partial charge in [-0.25, -0.2) is 0 Å². The molecule has 18 heavy (non-hydrogen) atoms. The molecule has 3 aliphatic rings. The van der Waals surface area contributed by atoms with Gasteiger partial charge in [-0.1, -0.05) is 40.1 Å². The Bertz CT molecular complexity index is 391. The summed E-state index contributed by atoms with van der Waals surface area (Å²) >= 11 is 3.62. The second-order valence-corrected chi connectivity index (χ2v) is 6.78. The van der Waals surface area contributed by atoms with E-state index < -0.39 is 0 Å². The fourth-order valence-electron chi connectivity index (χ4n) is 3.10. The van der Waals surface area contributed by atoms with E-state index in [0.717, 1.165) is 6.04 Å². The highest BCUT2D eigenvalue weighted by molar-refractivity contribution is 9.11. The number of piperidine rings is 1. The van der Waals surface area contributed by atoms with Crippen molar-refractivity contribution in [2.75, 3.05) is 13.1 Å². The lowest BCUT2D eigenvalue weighted by Gasteiger charge is -2.40. The third-order valence-corrected chi connectivity index (χ3v) is 5.11. The van der Waals surface area contributed by atoms with E-state index in [1.165, 1.54) is 68.1 Å². The van der Waals surface area contributed by atoms with Gasteiger partial charge in [0, 0.05) is 19.1 Å². The van der Waals surface area contributed by atoms with Crippen LogP contribution in [0.1, 0.15) is 44.9 Å². The van der Waals surface area contributed by atoms with Crippen molar-refractivity contribution < 1.29 is 0 Å². The van der Waals surface area contributed by atoms with Gasteiger partial charge >= 0.3 is 0 Å². The van der Waals surface area contributed by atoms with Crippen LogP contribution >= 0.6 is 15.9 Å². The molecule has 0 bridgehead atoms. The SMILES string of the molecule is BrC1=CC(C=C2CCN(C3CCC3)CC2)=CCC1. The number of hydrogen-bond acceptors (Lipinski definition) is 1. The van der Waals surface area contributed by atoms with Crippen LogP contribution in [0.25, 0.3) is 0 Å². The van der Waals surface area contributed by atoms with Crippen LogP contribution in [-0.2, 0) is 0 Å². The zero-order valence-electron chi connectivity index (χ0n) is 11.0. The van der Waals surface area contributed by atoms with E-state index >= 15 is 0 Å². The molecule has 0 aromatic heterocycles. The number of halogens is 1. The molecule has 0 unspecified atom stereocenters. The minimum Gasteiger partial charge on any atom is -0.300 e. The summed E-state index contributed by atoms with van der Waals surface area (Å²) in [6, 6.07) is 0.925. The molecular formula is C16H22BrN. The highest BCUT2D eigenvalue weighted by atomic mass is 79.9. The van der Waals surface area contributed by atoms with Crippen LogP contribution in [0.3, 0.4) is 0 Å². The molecule has 0 aromatic carbocycles. The maximum atomic E-state index is 3.62. The summed E-state index contributed by atoms with van der Waals surface area (Å²) in [4.78, 5) is 2.71. The lowest BCUT2D eigenvalue weighted by molar-refractivity contribution is 0.118. The first-order valence-electron chi connectivity index (χ1n) is 7.31. The van der Waals surface area contributed by atoms with Crippen LogP contribution in [0.15, 0.2) is 33.9 Å². The van der Waals surface area contributed by atoms with Gasteiger partial charge in [0.2, 0.25) is 0 Å². The number of likely N-dealkylation sites (tertiary alicyclic amines) is 1. The molecule has 2 aliphatic carbocycles. The van der Waals surface area contributed by atoms with Crippen molar-refractivity contribution in [3.05, 3.63) is 33.9 Å². The van der Waals surface area contributed by atoms with E-state index in [1.807, 2.05) is 0 Å². The quantitative estimate of drug-likeness (QED) is 0.723. The van der Waals surface area contributed by atoms with E-state index in [1.54, 1.807) is 5.57 Å². The zero-order valence-corrected chi connectivity index (χ0v) is 12.6. The van der Waals surface area contributed by atoms with E-state index in [9.17, 15) is 0 Å². The largest absolute Gasteiger partial charge is 0.300 e. The fraction of sp³-hybridized carbons (Fsp3) is 0.625. The van der Waals surface area contributed by atoms with Gasteiger partial charge < -0.3 is 0 Å². The Morgan fingerprint density at radius 2 is 1.94 bits per heavy atom. The van der Waals surface area contributed by atoms with E-state index in [2.05, 4.69) is 39.1 Å². The molecule has 0 aromatic rings. The molecule has 1 heterocycles. The first-order chi connectivity index (χ1) is 8.81. The number of rotatable bonds is 2. The predicted molar refractivity (Wildman–Crippen MR) is 80.9 cm³/mol. The van der Waals surface area contributed by atoms with Crippen molar-refractivity contribution >= 4 is 15.9 Å². The number of allylic oxidation sites excluding steroid dienone is 5. The van der Waals surface area contributed by atoms with Crippen molar-refractivity contribution in [1.29, 1.82) is 0 Å². The topological polar surface area (TPSA) is 3.24 Å². The van der Waals surface area contributed by atoms with Crippen molar-refractivity contribution in [3.8, 4) is 0 Å². The molecular weight excluding hydrogens is 286 g/mol. The molecule has 1 saturated carbocycles. The minimum atomic E-state index is 0.925. The van der Waals surface area contributed by atoms with Gasteiger partial charge in [-0.3, -0.25) is 4.90 Å². The van der Waals surface area contributed by atoms with E-state index in [4.69, 9.17) is 0 Å². The van der Waals surface area contributed by atoms with Crippen molar-refractivity contribution in [2.45, 2.75) is 51.0 Å². The molecule has 0 atom stereocenters. The van der Waals surface area contributed by atoms with Crippen molar-refractivity contribution in [2.24, 2.45) is 0 Å². The zero-order chi connectivity index (χ0) is 12.4. The number of hydrogen-bond donors (Lipinski definition) is 0. The molecule has 0 N–H and O–H groups in total. The smallest absolute Gasteiger partial charge is 0.00955 e.